The Morgan fingerprint density at radius 2 is 2.02 bits per heavy atom. The second-order valence-electron chi connectivity index (χ2n) is 9.98. The molecule has 236 valence electrons. The minimum Gasteiger partial charge on any atom is -0.464 e. The van der Waals surface area contributed by atoms with Gasteiger partial charge >= 0.3 is 13.5 Å². The fourth-order valence-electron chi connectivity index (χ4n) is 5.21. The number of aliphatic hydroxyl groups is 2. The molecule has 4 aromatic rings. The number of hydrogen-bond acceptors (Lipinski definition) is 15. The van der Waals surface area contributed by atoms with Gasteiger partial charge in [0, 0.05) is 19.7 Å². The summed E-state index contributed by atoms with van der Waals surface area (Å²) in [7, 11) is -3.50. The Morgan fingerprint density at radius 1 is 1.20 bits per heavy atom. The first-order chi connectivity index (χ1) is 21.1. The van der Waals surface area contributed by atoms with Crippen molar-refractivity contribution in [1.82, 2.24) is 29.1 Å². The van der Waals surface area contributed by atoms with Gasteiger partial charge in [-0.3, -0.25) is 28.0 Å². The summed E-state index contributed by atoms with van der Waals surface area (Å²) in [6.45, 7) is -1.22. The summed E-state index contributed by atoms with van der Waals surface area (Å²) in [5.41, 5.74) is 5.02. The molecule has 8 atom stereocenters. The van der Waals surface area contributed by atoms with Gasteiger partial charge in [0.2, 0.25) is 0 Å². The lowest BCUT2D eigenvalue weighted by Crippen LogP contribution is -2.35. The summed E-state index contributed by atoms with van der Waals surface area (Å²) in [4.78, 5) is 49.8. The molecule has 2 aliphatic heterocycles. The molecule has 0 aromatic carbocycles. The Labute approximate surface area is 246 Å². The summed E-state index contributed by atoms with van der Waals surface area (Å²) >= 11 is 0. The van der Waals surface area contributed by atoms with E-state index in [1.807, 2.05) is 0 Å². The maximum atomic E-state index is 13.0. The minimum absolute atomic E-state index is 0.0432. The van der Waals surface area contributed by atoms with E-state index in [4.69, 9.17) is 33.4 Å². The summed E-state index contributed by atoms with van der Waals surface area (Å²) in [5.74, 6) is 0.341. The van der Waals surface area contributed by atoms with Crippen LogP contribution >= 0.6 is 7.82 Å². The smallest absolute Gasteiger partial charge is 0.464 e. The molecule has 0 amide bonds. The number of aromatic nitrogens is 6. The predicted molar refractivity (Wildman–Crippen MR) is 146 cm³/mol. The van der Waals surface area contributed by atoms with Crippen molar-refractivity contribution in [2.24, 2.45) is 0 Å². The highest BCUT2D eigenvalue weighted by molar-refractivity contribution is 7.47. The molecule has 2 saturated heterocycles. The molecule has 0 aliphatic carbocycles. The summed E-state index contributed by atoms with van der Waals surface area (Å²) in [6, 6.07) is 3.09. The monoisotopic (exact) mass is 637 g/mol. The fraction of sp³-hybridized carbons (Fsp3) is 0.458. The van der Waals surface area contributed by atoms with Crippen LogP contribution in [0.3, 0.4) is 0 Å². The van der Waals surface area contributed by atoms with Crippen molar-refractivity contribution in [2.75, 3.05) is 26.1 Å². The first-order valence-electron chi connectivity index (χ1n) is 13.2. The van der Waals surface area contributed by atoms with Gasteiger partial charge in [0.15, 0.2) is 17.7 Å². The van der Waals surface area contributed by atoms with Crippen molar-refractivity contribution in [3.8, 4) is 11.3 Å². The van der Waals surface area contributed by atoms with E-state index in [-0.39, 0.29) is 23.6 Å². The molecule has 19 nitrogen and oxygen atoms in total. The van der Waals surface area contributed by atoms with Gasteiger partial charge in [-0.05, 0) is 12.1 Å². The van der Waals surface area contributed by atoms with E-state index in [9.17, 15) is 29.3 Å². The van der Waals surface area contributed by atoms with Crippen LogP contribution in [0.4, 0.5) is 5.82 Å². The first-order valence-corrected chi connectivity index (χ1v) is 14.7. The number of aromatic amines is 1. The van der Waals surface area contributed by atoms with E-state index in [1.165, 1.54) is 42.9 Å². The molecular weight excluding hydrogens is 609 g/mol. The lowest BCUT2D eigenvalue weighted by Gasteiger charge is -2.21. The van der Waals surface area contributed by atoms with Crippen LogP contribution < -0.4 is 17.0 Å². The number of rotatable bonds is 10. The molecule has 0 spiro atoms. The number of anilines is 1. The first kappa shape index (κ1) is 30.3. The van der Waals surface area contributed by atoms with Gasteiger partial charge in [-0.1, -0.05) is 0 Å². The highest BCUT2D eigenvalue weighted by Gasteiger charge is 2.47. The number of methoxy groups -OCH3 is 1. The summed E-state index contributed by atoms with van der Waals surface area (Å²) in [5, 5.41) is 20.7. The van der Waals surface area contributed by atoms with Crippen LogP contribution in [0, 0.1) is 0 Å². The van der Waals surface area contributed by atoms with Crippen molar-refractivity contribution in [2.45, 2.75) is 49.4 Å². The van der Waals surface area contributed by atoms with Crippen LogP contribution in [0.1, 0.15) is 18.9 Å². The number of nitrogens with one attached hydrogen (secondary N) is 1. The van der Waals surface area contributed by atoms with Gasteiger partial charge in [0.25, 0.3) is 5.56 Å². The molecule has 2 aliphatic rings. The number of phosphoric ester groups is 1. The van der Waals surface area contributed by atoms with Crippen molar-refractivity contribution < 1.29 is 47.3 Å². The standard InChI is InChI=1S/C24H28N7O12P/c1-38-19-18(33)15(42-23(19)31-10-28-17-20(25)26-9-27-21(17)31)8-40-44(36,37)43-13-5-16(41-14(13)7-32)30-6-11(12-3-2-4-39-12)22(34)29-24(30)35/h2-4,6,9-10,13-16,18-19,23,32-33H,5,7-8H2,1H3,(H,36,37)(H2,25,26,27)(H,29,34,35)/t13?,14-,15-,16-,18?,19+,23-/m1/s1. The van der Waals surface area contributed by atoms with Crippen molar-refractivity contribution >= 4 is 24.8 Å². The average Bonchev–Trinajstić information content (AvgIpc) is 3.78. The lowest BCUT2D eigenvalue weighted by atomic mass is 10.1. The molecule has 6 rings (SSSR count). The van der Waals surface area contributed by atoms with Gasteiger partial charge < -0.3 is 39.5 Å². The van der Waals surface area contributed by atoms with Gasteiger partial charge in [0.05, 0.1) is 31.4 Å². The van der Waals surface area contributed by atoms with E-state index in [0.717, 1.165) is 4.57 Å². The molecule has 4 aromatic heterocycles. The highest BCUT2D eigenvalue weighted by Crippen LogP contribution is 2.49. The number of nitrogens with two attached hydrogens (primary N) is 1. The maximum absolute atomic E-state index is 13.0. The zero-order valence-corrected chi connectivity index (χ0v) is 23.8. The number of fused-ring (bicyclic) bond motifs is 1. The molecule has 44 heavy (non-hydrogen) atoms. The van der Waals surface area contributed by atoms with Crippen LogP contribution in [0.5, 0.6) is 0 Å². The Balaban J connectivity index is 1.13. The van der Waals surface area contributed by atoms with E-state index in [1.54, 1.807) is 6.07 Å². The molecular formula is C24H28N7O12P. The third-order valence-corrected chi connectivity index (χ3v) is 8.35. The molecule has 6 heterocycles. The van der Waals surface area contributed by atoms with E-state index >= 15 is 0 Å². The third kappa shape index (κ3) is 5.60. The van der Waals surface area contributed by atoms with Crippen LogP contribution in [0.15, 0.2) is 51.3 Å². The van der Waals surface area contributed by atoms with Crippen molar-refractivity contribution in [3.05, 3.63) is 58.1 Å². The van der Waals surface area contributed by atoms with Gasteiger partial charge in [-0.25, -0.2) is 24.3 Å². The van der Waals surface area contributed by atoms with Crippen molar-refractivity contribution in [1.29, 1.82) is 0 Å². The quantitative estimate of drug-likeness (QED) is 0.134. The summed E-state index contributed by atoms with van der Waals surface area (Å²) < 4.78 is 48.3. The number of hydrogen-bond donors (Lipinski definition) is 5. The molecule has 3 unspecified atom stereocenters. The van der Waals surface area contributed by atoms with E-state index < -0.39 is 75.3 Å². The number of H-pyrrole nitrogens is 1. The Kier molecular flexibility index (Phi) is 8.22. The second-order valence-corrected chi connectivity index (χ2v) is 11.4. The second kappa shape index (κ2) is 12.0. The van der Waals surface area contributed by atoms with Crippen LogP contribution in [-0.4, -0.2) is 95.0 Å². The van der Waals surface area contributed by atoms with Crippen LogP contribution in [-0.2, 0) is 27.8 Å². The van der Waals surface area contributed by atoms with E-state index in [0.29, 0.717) is 11.2 Å². The summed E-state index contributed by atoms with van der Waals surface area (Å²) in [6.07, 6.45) is -2.72. The predicted octanol–water partition coefficient (Wildman–Crippen LogP) is -0.726. The van der Waals surface area contributed by atoms with Crippen LogP contribution in [0.2, 0.25) is 0 Å². The zero-order chi connectivity index (χ0) is 31.2. The number of ether oxygens (including phenoxy) is 3. The molecule has 0 bridgehead atoms. The Bertz CT molecular complexity index is 1790. The largest absolute Gasteiger partial charge is 0.472 e. The zero-order valence-electron chi connectivity index (χ0n) is 22.9. The van der Waals surface area contributed by atoms with Gasteiger partial charge in [-0.15, -0.1) is 0 Å². The van der Waals surface area contributed by atoms with E-state index in [2.05, 4.69) is 19.9 Å². The van der Waals surface area contributed by atoms with Gasteiger partial charge in [0.1, 0.15) is 54.4 Å². The maximum Gasteiger partial charge on any atom is 0.472 e. The molecule has 0 radical (unpaired) electrons. The molecule has 6 N–H and O–H groups in total. The number of phosphoric acid groups is 1. The highest BCUT2D eigenvalue weighted by atomic mass is 31.2. The molecule has 20 heteroatoms. The normalized spacial score (nSPS) is 28.5. The average molecular weight is 637 g/mol. The van der Waals surface area contributed by atoms with Crippen LogP contribution in [0.25, 0.3) is 22.5 Å². The Morgan fingerprint density at radius 3 is 2.75 bits per heavy atom. The SMILES string of the molecule is CO[C@H]1C(O)[C@@H](COP(=O)(O)OC2C[C@H](n3cc(-c4ccco4)c(=O)[nH]c3=O)O[C@@H]2CO)O[C@H]1n1cnc2c(N)ncnc21. The molecule has 0 saturated carbocycles. The Hall–Kier alpha value is -3.78. The lowest BCUT2D eigenvalue weighted by molar-refractivity contribution is -0.0627. The number of nitrogen functional groups attached to an aromatic ring is 1. The molecule has 2 fully saturated rings. The van der Waals surface area contributed by atoms with Gasteiger partial charge in [-0.2, -0.15) is 0 Å². The van der Waals surface area contributed by atoms with Crippen molar-refractivity contribution in [3.63, 3.8) is 0 Å². The number of aliphatic hydroxyl groups excluding tert-OH is 2. The fourth-order valence-corrected chi connectivity index (χ4v) is 6.17. The number of furan rings is 1. The third-order valence-electron chi connectivity index (χ3n) is 7.34. The number of nitrogens with zero attached hydrogens (tertiary/aromatic N) is 5. The minimum atomic E-state index is -4.85. The number of imidazole rings is 1. The topological polar surface area (TPSA) is 262 Å².